The second-order valence-electron chi connectivity index (χ2n) is 29.9. The van der Waals surface area contributed by atoms with Gasteiger partial charge in [-0.25, -0.2) is 16.8 Å². The quantitative estimate of drug-likeness (QED) is 0.0247. The third-order valence-corrected chi connectivity index (χ3v) is 22.9. The summed E-state index contributed by atoms with van der Waals surface area (Å²) in [4.78, 5) is -0.0361. The van der Waals surface area contributed by atoms with Crippen molar-refractivity contribution in [1.82, 2.24) is 0 Å². The zero-order chi connectivity index (χ0) is 69.1. The fourth-order valence-corrected chi connectivity index (χ4v) is 16.4. The summed E-state index contributed by atoms with van der Waals surface area (Å²) in [5, 5.41) is 4.02. The van der Waals surface area contributed by atoms with Crippen molar-refractivity contribution in [1.29, 1.82) is 0 Å². The summed E-state index contributed by atoms with van der Waals surface area (Å²) in [6.45, 7) is 9.12. The fourth-order valence-electron chi connectivity index (χ4n) is 14.9. The second kappa shape index (κ2) is 63.3. The van der Waals surface area contributed by atoms with E-state index < -0.39 is 20.2 Å². The molecule has 0 radical (unpaired) electrons. The molecule has 0 spiro atoms. The average Bonchev–Trinajstić information content (AvgIpc) is 0.792. The Hall–Kier alpha value is -1.21. The van der Waals surface area contributed by atoms with Crippen molar-refractivity contribution in [2.75, 3.05) is 0 Å². The Morgan fingerprint density at radius 1 is 0.227 bits per heavy atom. The van der Waals surface area contributed by atoms with E-state index in [2.05, 4.69) is 64.1 Å². The van der Waals surface area contributed by atoms with Gasteiger partial charge in [-0.1, -0.05) is 436 Å². The van der Waals surface area contributed by atoms with Crippen molar-refractivity contribution in [3.05, 3.63) is 82.9 Å². The van der Waals surface area contributed by atoms with Gasteiger partial charge in [-0.2, -0.15) is 0 Å². The third kappa shape index (κ3) is 47.7. The van der Waals surface area contributed by atoms with Crippen LogP contribution in [0.25, 0.3) is 21.5 Å². The summed E-state index contributed by atoms with van der Waals surface area (Å²) < 4.78 is 72.8. The topological polar surface area (TPSA) is 114 Å². The average molecular weight is 1510 g/mol. The second-order valence-corrected chi connectivity index (χ2v) is 32.6. The van der Waals surface area contributed by atoms with Crippen LogP contribution in [0.15, 0.2) is 70.5 Å². The van der Waals surface area contributed by atoms with E-state index in [9.17, 15) is 25.9 Å². The first-order valence-electron chi connectivity index (χ1n) is 41.9. The molecule has 4 aromatic rings. The van der Waals surface area contributed by atoms with E-state index in [1.54, 1.807) is 12.1 Å². The van der Waals surface area contributed by atoms with E-state index in [-0.39, 0.29) is 58.7 Å². The molecule has 0 saturated heterocycles. The van der Waals surface area contributed by atoms with Crippen molar-refractivity contribution in [3.8, 4) is 0 Å². The minimum atomic E-state index is -4.49. The number of hydrogen-bond donors (Lipinski definition) is 0. The predicted molar refractivity (Wildman–Crippen MR) is 424 cm³/mol. The number of rotatable bonds is 66. The molecule has 0 aromatic heterocycles. The smallest absolute Gasteiger partial charge is 0.744 e. The molecule has 0 saturated carbocycles. The van der Waals surface area contributed by atoms with E-state index in [1.807, 2.05) is 12.1 Å². The van der Waals surface area contributed by atoms with Crippen LogP contribution in [0, 0.1) is 0 Å². The first kappa shape index (κ1) is 91.9. The summed E-state index contributed by atoms with van der Waals surface area (Å²) in [5.74, 6) is 0. The van der Waals surface area contributed by atoms with E-state index in [0.29, 0.717) is 12.8 Å². The van der Waals surface area contributed by atoms with Crippen LogP contribution in [-0.2, 0) is 45.9 Å². The molecule has 0 bridgehead atoms. The molecule has 4 aromatic carbocycles. The molecule has 0 amide bonds. The number of benzene rings is 4. The monoisotopic (exact) mass is 1500 g/mol. The summed E-state index contributed by atoms with van der Waals surface area (Å²) in [6.07, 6.45) is 83.8. The Balaban J connectivity index is 0.000000653. The molecule has 0 aliphatic heterocycles. The molecular weight excluding hydrogens is 1350 g/mol. The Morgan fingerprint density at radius 2 is 0.402 bits per heavy atom. The number of unbranched alkanes of at least 4 members (excludes halogenated alkanes) is 56. The molecule has 9 heteroatoms. The molecule has 0 aliphatic carbocycles. The molecule has 552 valence electrons. The number of aryl methyl sites for hydroxylation is 4. The fraction of sp³-hybridized carbons (Fsp3) is 0.773. The number of fused-ring (bicyclic) bond motifs is 2. The maximum atomic E-state index is 12.1. The molecule has 0 heterocycles. The van der Waals surface area contributed by atoms with Gasteiger partial charge in [-0.15, -0.1) is 0 Å². The van der Waals surface area contributed by atoms with Gasteiger partial charge in [0.15, 0.2) is 0 Å². The van der Waals surface area contributed by atoms with Crippen LogP contribution < -0.4 is 0 Å². The molecule has 0 unspecified atom stereocenters. The van der Waals surface area contributed by atoms with Crippen molar-refractivity contribution < 1.29 is 25.9 Å². The Labute approximate surface area is 642 Å². The van der Waals surface area contributed by atoms with E-state index >= 15 is 0 Å². The number of hydrogen-bond acceptors (Lipinski definition) is 6. The first-order chi connectivity index (χ1) is 46.9. The van der Waals surface area contributed by atoms with Crippen LogP contribution in [0.5, 0.6) is 0 Å². The maximum Gasteiger partial charge on any atom is 2.00 e. The van der Waals surface area contributed by atoms with Gasteiger partial charge < -0.3 is 9.11 Å². The first-order valence-corrected chi connectivity index (χ1v) is 44.8. The molecule has 0 aliphatic rings. The Kier molecular flexibility index (Phi) is 59.9. The zero-order valence-electron chi connectivity index (χ0n) is 64.0. The van der Waals surface area contributed by atoms with E-state index in [0.717, 1.165) is 71.2 Å². The van der Waals surface area contributed by atoms with Gasteiger partial charge in [-0.3, -0.25) is 0 Å². The van der Waals surface area contributed by atoms with Crippen molar-refractivity contribution in [2.45, 2.75) is 448 Å². The van der Waals surface area contributed by atoms with Gasteiger partial charge in [-0.05, 0) is 107 Å². The van der Waals surface area contributed by atoms with Crippen LogP contribution in [0.4, 0.5) is 0 Å². The van der Waals surface area contributed by atoms with Crippen LogP contribution in [0.3, 0.4) is 0 Å². The SMILES string of the molecule is CCCCCCCCCCCCCCCCCc1ccc2c(CCCCCCCCCCCCCCCCC)c(S(=O)(=O)[O-])ccc2c1.CCCCCCCCCCCCCCCCCc1ccc2c(CCCCCCCCCCCCCCCCC)c(S(=O)(=O)[O-])ccc2c1.[Ba+2]. The maximum absolute atomic E-state index is 12.1. The minimum Gasteiger partial charge on any atom is -0.744 e. The van der Waals surface area contributed by atoms with Gasteiger partial charge in [0.2, 0.25) is 0 Å². The molecule has 6 nitrogen and oxygen atoms in total. The van der Waals surface area contributed by atoms with Crippen LogP contribution in [0.1, 0.15) is 435 Å². The Bertz CT molecular complexity index is 2500. The molecule has 0 fully saturated rings. The van der Waals surface area contributed by atoms with Crippen LogP contribution in [0.2, 0.25) is 0 Å². The van der Waals surface area contributed by atoms with E-state index in [1.165, 1.54) is 371 Å². The van der Waals surface area contributed by atoms with E-state index in [4.69, 9.17) is 0 Å². The molecule has 4 rings (SSSR count). The minimum absolute atomic E-state index is 0. The summed E-state index contributed by atoms with van der Waals surface area (Å²) in [6, 6.07) is 19.7. The molecular formula is C88H150BaO6S2. The normalized spacial score (nSPS) is 11.9. The predicted octanol–water partition coefficient (Wildman–Crippen LogP) is 28.8. The standard InChI is InChI=1S/2C44H76O3S.Ba/c2*1-3-5-7-9-11-13-15-17-19-21-23-25-27-29-31-33-40-35-37-42-41(39-40)36-38-44(48(45,46)47)43(42)34-32-30-28-26-24-22-20-18-16-14-12-10-8-6-4-2;/h2*35-39H,3-34H2,1-2H3,(H,45,46,47);/q;;+2/p-2. The largest absolute Gasteiger partial charge is 2.00 e. The van der Waals surface area contributed by atoms with Crippen molar-refractivity contribution >= 4 is 90.7 Å². The van der Waals surface area contributed by atoms with Gasteiger partial charge in [0.05, 0.1) is 9.79 Å². The van der Waals surface area contributed by atoms with Crippen LogP contribution >= 0.6 is 0 Å². The van der Waals surface area contributed by atoms with Crippen LogP contribution in [-0.4, -0.2) is 74.8 Å². The zero-order valence-corrected chi connectivity index (χ0v) is 70.1. The Morgan fingerprint density at radius 3 is 0.588 bits per heavy atom. The summed E-state index contributed by atoms with van der Waals surface area (Å²) >= 11 is 0. The summed E-state index contributed by atoms with van der Waals surface area (Å²) in [5.41, 5.74) is 4.09. The molecule has 0 N–H and O–H groups in total. The van der Waals surface area contributed by atoms with Gasteiger partial charge in [0, 0.05) is 0 Å². The summed E-state index contributed by atoms with van der Waals surface area (Å²) in [7, 11) is -8.99. The van der Waals surface area contributed by atoms with Gasteiger partial charge in [0.25, 0.3) is 0 Å². The van der Waals surface area contributed by atoms with Crippen molar-refractivity contribution in [2.24, 2.45) is 0 Å². The van der Waals surface area contributed by atoms with Gasteiger partial charge in [0.1, 0.15) is 20.2 Å². The third-order valence-electron chi connectivity index (χ3n) is 21.0. The van der Waals surface area contributed by atoms with Gasteiger partial charge >= 0.3 is 48.9 Å². The molecule has 0 atom stereocenters. The molecule has 97 heavy (non-hydrogen) atoms. The van der Waals surface area contributed by atoms with Crippen molar-refractivity contribution in [3.63, 3.8) is 0 Å².